The predicted octanol–water partition coefficient (Wildman–Crippen LogP) is 1.53. The van der Waals surface area contributed by atoms with Gasteiger partial charge in [-0.25, -0.2) is 8.78 Å². The summed E-state index contributed by atoms with van der Waals surface area (Å²) in [5, 5.41) is 17.3. The molecule has 0 aliphatic heterocycles. The third-order valence-electron chi connectivity index (χ3n) is 2.13. The molecule has 4 nitrogen and oxygen atoms in total. The second-order valence-electron chi connectivity index (χ2n) is 3.36. The summed E-state index contributed by atoms with van der Waals surface area (Å²) in [6.07, 6.45) is -0.237. The van der Waals surface area contributed by atoms with E-state index in [4.69, 9.17) is 15.9 Å². The molecule has 6 heteroatoms. The number of aromatic hydroxyl groups is 1. The summed E-state index contributed by atoms with van der Waals surface area (Å²) < 4.78 is 26.2. The molecule has 0 bridgehead atoms. The van der Waals surface area contributed by atoms with Gasteiger partial charge in [0.15, 0.2) is 11.6 Å². The van der Waals surface area contributed by atoms with Crippen molar-refractivity contribution < 1.29 is 23.8 Å². The number of halogens is 2. The maximum atomic E-state index is 13.3. The number of hydrogen-bond donors (Lipinski definition) is 3. The SMILES string of the molecule is NC(CCC(=O)O)c1cc(F)c(O)cc1F. The Bertz CT molecular complexity index is 409. The minimum atomic E-state index is -1.06. The van der Waals surface area contributed by atoms with Crippen LogP contribution in [0.4, 0.5) is 8.78 Å². The van der Waals surface area contributed by atoms with Gasteiger partial charge in [-0.3, -0.25) is 4.79 Å². The quantitative estimate of drug-likeness (QED) is 0.733. The molecule has 0 spiro atoms. The number of phenols is 1. The highest BCUT2D eigenvalue weighted by Gasteiger charge is 2.16. The zero-order valence-electron chi connectivity index (χ0n) is 8.28. The summed E-state index contributed by atoms with van der Waals surface area (Å²) in [6.45, 7) is 0. The minimum absolute atomic E-state index is 0.00350. The second-order valence-corrected chi connectivity index (χ2v) is 3.36. The molecule has 1 rings (SSSR count). The Hall–Kier alpha value is -1.69. The zero-order valence-corrected chi connectivity index (χ0v) is 8.28. The maximum absolute atomic E-state index is 13.3. The molecule has 1 atom stereocenters. The lowest BCUT2D eigenvalue weighted by Gasteiger charge is -2.12. The molecular weight excluding hydrogens is 220 g/mol. The van der Waals surface area contributed by atoms with E-state index in [9.17, 15) is 13.6 Å². The molecule has 4 N–H and O–H groups in total. The number of aliphatic carboxylic acids is 1. The van der Waals surface area contributed by atoms with Crippen molar-refractivity contribution in [1.29, 1.82) is 0 Å². The van der Waals surface area contributed by atoms with E-state index in [2.05, 4.69) is 0 Å². The number of nitrogens with two attached hydrogens (primary N) is 1. The first-order valence-corrected chi connectivity index (χ1v) is 4.57. The molecule has 1 unspecified atom stereocenters. The van der Waals surface area contributed by atoms with Gasteiger partial charge in [0.2, 0.25) is 0 Å². The Morgan fingerprint density at radius 2 is 2.00 bits per heavy atom. The first kappa shape index (κ1) is 12.4. The lowest BCUT2D eigenvalue weighted by molar-refractivity contribution is -0.137. The predicted molar refractivity (Wildman–Crippen MR) is 51.8 cm³/mol. The fourth-order valence-corrected chi connectivity index (χ4v) is 1.27. The van der Waals surface area contributed by atoms with Gasteiger partial charge in [-0.05, 0) is 12.5 Å². The molecule has 0 saturated carbocycles. The van der Waals surface area contributed by atoms with Gasteiger partial charge in [0.25, 0.3) is 0 Å². The van der Waals surface area contributed by atoms with E-state index in [-0.39, 0.29) is 18.4 Å². The lowest BCUT2D eigenvalue weighted by Crippen LogP contribution is -2.14. The van der Waals surface area contributed by atoms with Crippen molar-refractivity contribution in [3.63, 3.8) is 0 Å². The molecule has 0 aliphatic rings. The molecule has 0 fully saturated rings. The number of carboxylic acids is 1. The minimum Gasteiger partial charge on any atom is -0.505 e. The second kappa shape index (κ2) is 4.89. The Morgan fingerprint density at radius 1 is 1.38 bits per heavy atom. The summed E-state index contributed by atoms with van der Waals surface area (Å²) in [7, 11) is 0. The first-order valence-electron chi connectivity index (χ1n) is 4.57. The van der Waals surface area contributed by atoms with Crippen LogP contribution in [0.5, 0.6) is 5.75 Å². The summed E-state index contributed by atoms with van der Waals surface area (Å²) in [6, 6.07) is 0.480. The monoisotopic (exact) mass is 231 g/mol. The fourth-order valence-electron chi connectivity index (χ4n) is 1.27. The van der Waals surface area contributed by atoms with Gasteiger partial charge < -0.3 is 15.9 Å². The van der Waals surface area contributed by atoms with Crippen molar-refractivity contribution in [2.24, 2.45) is 5.73 Å². The number of hydrogen-bond acceptors (Lipinski definition) is 3. The highest BCUT2D eigenvalue weighted by Crippen LogP contribution is 2.25. The third kappa shape index (κ3) is 2.90. The average molecular weight is 231 g/mol. The van der Waals surface area contributed by atoms with Crippen LogP contribution in [0.1, 0.15) is 24.4 Å². The van der Waals surface area contributed by atoms with Crippen LogP contribution < -0.4 is 5.73 Å². The van der Waals surface area contributed by atoms with Gasteiger partial charge in [0.1, 0.15) is 5.82 Å². The maximum Gasteiger partial charge on any atom is 0.303 e. The normalized spacial score (nSPS) is 12.4. The van der Waals surface area contributed by atoms with Crippen LogP contribution >= 0.6 is 0 Å². The van der Waals surface area contributed by atoms with Gasteiger partial charge in [-0.1, -0.05) is 0 Å². The number of carbonyl (C=O) groups is 1. The Balaban J connectivity index is 2.86. The molecule has 0 heterocycles. The number of benzene rings is 1. The van der Waals surface area contributed by atoms with Crippen molar-refractivity contribution in [3.8, 4) is 5.75 Å². The topological polar surface area (TPSA) is 83.6 Å². The molecule has 88 valence electrons. The smallest absolute Gasteiger partial charge is 0.303 e. The molecule has 0 amide bonds. The van der Waals surface area contributed by atoms with Crippen LogP contribution in [0.25, 0.3) is 0 Å². The van der Waals surface area contributed by atoms with Crippen LogP contribution in [0.3, 0.4) is 0 Å². The van der Waals surface area contributed by atoms with Crippen molar-refractivity contribution in [2.75, 3.05) is 0 Å². The van der Waals surface area contributed by atoms with E-state index in [0.717, 1.165) is 6.07 Å². The number of phenolic OH excluding ortho intramolecular Hbond substituents is 1. The Kier molecular flexibility index (Phi) is 3.78. The molecule has 16 heavy (non-hydrogen) atoms. The molecule has 0 saturated heterocycles. The van der Waals surface area contributed by atoms with Gasteiger partial charge in [0, 0.05) is 24.1 Å². The molecule has 0 aliphatic carbocycles. The molecular formula is C10H11F2NO3. The van der Waals surface area contributed by atoms with Crippen molar-refractivity contribution in [2.45, 2.75) is 18.9 Å². The fraction of sp³-hybridized carbons (Fsp3) is 0.300. The van der Waals surface area contributed by atoms with Crippen LogP contribution in [-0.4, -0.2) is 16.2 Å². The van der Waals surface area contributed by atoms with Crippen LogP contribution in [-0.2, 0) is 4.79 Å². The molecule has 0 aromatic heterocycles. The molecule has 1 aromatic rings. The van der Waals surface area contributed by atoms with Crippen molar-refractivity contribution in [3.05, 3.63) is 29.3 Å². The van der Waals surface area contributed by atoms with Gasteiger partial charge in [-0.2, -0.15) is 0 Å². The molecule has 0 radical (unpaired) electrons. The number of rotatable bonds is 4. The van der Waals surface area contributed by atoms with E-state index in [1.807, 2.05) is 0 Å². The summed E-state index contributed by atoms with van der Waals surface area (Å²) in [5.74, 6) is -3.69. The van der Waals surface area contributed by atoms with E-state index < -0.39 is 29.4 Å². The molecule has 1 aromatic carbocycles. The van der Waals surface area contributed by atoms with Gasteiger partial charge in [-0.15, -0.1) is 0 Å². The van der Waals surface area contributed by atoms with Crippen LogP contribution in [0.2, 0.25) is 0 Å². The van der Waals surface area contributed by atoms with E-state index in [1.54, 1.807) is 0 Å². The largest absolute Gasteiger partial charge is 0.505 e. The third-order valence-corrected chi connectivity index (χ3v) is 2.13. The summed E-state index contributed by atoms with van der Waals surface area (Å²) in [5.41, 5.74) is 5.37. The highest BCUT2D eigenvalue weighted by atomic mass is 19.1. The lowest BCUT2D eigenvalue weighted by atomic mass is 10.0. The number of carboxylic acid groups (broad SMARTS) is 1. The van der Waals surface area contributed by atoms with Crippen molar-refractivity contribution >= 4 is 5.97 Å². The first-order chi connectivity index (χ1) is 7.41. The van der Waals surface area contributed by atoms with Gasteiger partial charge in [0.05, 0.1) is 0 Å². The van der Waals surface area contributed by atoms with E-state index in [1.165, 1.54) is 0 Å². The highest BCUT2D eigenvalue weighted by molar-refractivity contribution is 5.66. The van der Waals surface area contributed by atoms with Crippen LogP contribution in [0, 0.1) is 11.6 Å². The average Bonchev–Trinajstić information content (AvgIpc) is 2.20. The van der Waals surface area contributed by atoms with E-state index in [0.29, 0.717) is 6.07 Å². The Morgan fingerprint density at radius 3 is 2.56 bits per heavy atom. The van der Waals surface area contributed by atoms with E-state index >= 15 is 0 Å². The van der Waals surface area contributed by atoms with Crippen LogP contribution in [0.15, 0.2) is 12.1 Å². The van der Waals surface area contributed by atoms with Gasteiger partial charge >= 0.3 is 5.97 Å². The standard InChI is InChI=1S/C10H11F2NO3/c11-6-4-9(14)7(12)3-5(6)8(13)1-2-10(15)16/h3-4,8,14H,1-2,13H2,(H,15,16). The zero-order chi connectivity index (χ0) is 12.3. The van der Waals surface area contributed by atoms with Crippen molar-refractivity contribution in [1.82, 2.24) is 0 Å². The summed E-state index contributed by atoms with van der Waals surface area (Å²) >= 11 is 0. The Labute approximate surface area is 90.3 Å². The summed E-state index contributed by atoms with van der Waals surface area (Å²) in [4.78, 5) is 10.3.